The van der Waals surface area contributed by atoms with E-state index in [9.17, 15) is 13.2 Å². The molecule has 0 aliphatic rings. The van der Waals surface area contributed by atoms with Gasteiger partial charge in [-0.05, 0) is 35.2 Å². The van der Waals surface area contributed by atoms with Crippen LogP contribution < -0.4 is 4.74 Å². The monoisotopic (exact) mass is 594 g/mol. The fraction of sp³-hybridized carbons (Fsp3) is 0.233. The summed E-state index contributed by atoms with van der Waals surface area (Å²) >= 11 is 12.2. The normalized spacial score (nSPS) is 11.5. The van der Waals surface area contributed by atoms with E-state index in [0.29, 0.717) is 42.7 Å². The van der Waals surface area contributed by atoms with E-state index < -0.39 is 11.7 Å². The molecule has 0 aliphatic carbocycles. The van der Waals surface area contributed by atoms with Gasteiger partial charge >= 0.3 is 6.18 Å². The van der Waals surface area contributed by atoms with Gasteiger partial charge in [-0.1, -0.05) is 102 Å². The molecule has 0 spiro atoms. The maximum Gasteiger partial charge on any atom is 0.417 e. The first-order chi connectivity index (χ1) is 18.3. The third-order valence-electron chi connectivity index (χ3n) is 6.18. The van der Waals surface area contributed by atoms with Gasteiger partial charge in [-0.3, -0.25) is 4.90 Å². The highest BCUT2D eigenvalue weighted by Crippen LogP contribution is 2.37. The van der Waals surface area contributed by atoms with Crippen LogP contribution in [0.2, 0.25) is 10.2 Å². The lowest BCUT2D eigenvalue weighted by Gasteiger charge is -2.29. The highest BCUT2D eigenvalue weighted by atomic mass is 35.5. The molecular weight excluding hydrogens is 568 g/mol. The van der Waals surface area contributed by atoms with E-state index >= 15 is 0 Å². The largest absolute Gasteiger partial charge is 0.478 e. The van der Waals surface area contributed by atoms with Gasteiger partial charge in [-0.2, -0.15) is 13.2 Å². The summed E-state index contributed by atoms with van der Waals surface area (Å²) in [4.78, 5) is 6.26. The summed E-state index contributed by atoms with van der Waals surface area (Å²) < 4.78 is 46.3. The molecule has 0 saturated heterocycles. The molecule has 1 aromatic heterocycles. The van der Waals surface area contributed by atoms with Gasteiger partial charge in [0.2, 0.25) is 5.88 Å². The SMILES string of the molecule is Cl.FC(F)(F)c1cccc(CN(CCCOc2cccc(Cl)n2)CC(c2ccccc2)c2ccccc2)c1Cl. The van der Waals surface area contributed by atoms with Crippen LogP contribution in [-0.4, -0.2) is 29.6 Å². The highest BCUT2D eigenvalue weighted by molar-refractivity contribution is 6.32. The van der Waals surface area contributed by atoms with Gasteiger partial charge in [-0.15, -0.1) is 12.4 Å². The summed E-state index contributed by atoms with van der Waals surface area (Å²) in [5.74, 6) is 0.439. The number of halogens is 6. The summed E-state index contributed by atoms with van der Waals surface area (Å²) in [7, 11) is 0. The lowest BCUT2D eigenvalue weighted by molar-refractivity contribution is -0.137. The minimum Gasteiger partial charge on any atom is -0.478 e. The number of hydrogen-bond donors (Lipinski definition) is 0. The Morgan fingerprint density at radius 3 is 2.00 bits per heavy atom. The first-order valence-electron chi connectivity index (χ1n) is 12.2. The predicted molar refractivity (Wildman–Crippen MR) is 153 cm³/mol. The minimum absolute atomic E-state index is 0. The van der Waals surface area contributed by atoms with Crippen LogP contribution in [0.25, 0.3) is 0 Å². The van der Waals surface area contributed by atoms with Crippen LogP contribution in [0, 0.1) is 0 Å². The molecule has 0 fully saturated rings. The second-order valence-corrected chi connectivity index (χ2v) is 9.65. The van der Waals surface area contributed by atoms with Crippen LogP contribution in [0.1, 0.15) is 34.6 Å². The van der Waals surface area contributed by atoms with Crippen LogP contribution in [-0.2, 0) is 12.7 Å². The standard InChI is InChI=1S/C30H27Cl2F3N2O.ClH/c31-27-16-8-17-28(36-27)38-19-9-18-37(20-24-14-7-15-26(29(24)32)30(33,34)35)21-25(22-10-3-1-4-11-22)23-12-5-2-6-13-23;/h1-8,10-17,25H,9,18-21H2;1H. The molecule has 3 nitrogen and oxygen atoms in total. The Labute approximate surface area is 243 Å². The zero-order valence-electron chi connectivity index (χ0n) is 21.0. The summed E-state index contributed by atoms with van der Waals surface area (Å²) in [5.41, 5.74) is 1.85. The van der Waals surface area contributed by atoms with E-state index in [-0.39, 0.29) is 29.9 Å². The molecule has 0 N–H and O–H groups in total. The molecular formula is C30H28Cl3F3N2O. The van der Waals surface area contributed by atoms with Crippen LogP contribution in [0.4, 0.5) is 13.2 Å². The van der Waals surface area contributed by atoms with E-state index in [2.05, 4.69) is 34.1 Å². The number of benzene rings is 3. The zero-order chi connectivity index (χ0) is 27.0. The van der Waals surface area contributed by atoms with E-state index in [4.69, 9.17) is 27.9 Å². The van der Waals surface area contributed by atoms with E-state index in [1.807, 2.05) is 36.4 Å². The van der Waals surface area contributed by atoms with Crippen LogP contribution in [0.3, 0.4) is 0 Å². The lowest BCUT2D eigenvalue weighted by atomic mass is 9.90. The van der Waals surface area contributed by atoms with E-state index in [1.165, 1.54) is 6.07 Å². The zero-order valence-corrected chi connectivity index (χ0v) is 23.3. The Bertz CT molecular complexity index is 1270. The average Bonchev–Trinajstić information content (AvgIpc) is 2.91. The third-order valence-corrected chi connectivity index (χ3v) is 6.84. The summed E-state index contributed by atoms with van der Waals surface area (Å²) in [5, 5.41) is 0.0808. The lowest BCUT2D eigenvalue weighted by Crippen LogP contribution is -2.31. The molecule has 1 heterocycles. The molecule has 0 amide bonds. The Morgan fingerprint density at radius 2 is 1.41 bits per heavy atom. The first-order valence-corrected chi connectivity index (χ1v) is 13.0. The van der Waals surface area contributed by atoms with Gasteiger partial charge in [-0.25, -0.2) is 4.98 Å². The summed E-state index contributed by atoms with van der Waals surface area (Å²) in [6.45, 7) is 1.79. The van der Waals surface area contributed by atoms with Crippen molar-refractivity contribution in [3.8, 4) is 5.88 Å². The van der Waals surface area contributed by atoms with Gasteiger partial charge in [0.1, 0.15) is 5.15 Å². The molecule has 3 aromatic carbocycles. The Balaban J connectivity index is 0.00000420. The van der Waals surface area contributed by atoms with Crippen molar-refractivity contribution >= 4 is 35.6 Å². The molecule has 0 atom stereocenters. The van der Waals surface area contributed by atoms with Crippen molar-refractivity contribution in [2.75, 3.05) is 19.7 Å². The van der Waals surface area contributed by atoms with Crippen LogP contribution in [0.15, 0.2) is 97.1 Å². The highest BCUT2D eigenvalue weighted by Gasteiger charge is 2.34. The molecule has 0 saturated carbocycles. The Kier molecular flexibility index (Phi) is 11.5. The van der Waals surface area contributed by atoms with Crippen molar-refractivity contribution in [2.45, 2.75) is 25.1 Å². The molecule has 4 rings (SSSR count). The number of aromatic nitrogens is 1. The Hall–Kier alpha value is -2.77. The fourth-order valence-corrected chi connectivity index (χ4v) is 4.81. The van der Waals surface area contributed by atoms with E-state index in [1.54, 1.807) is 24.3 Å². The predicted octanol–water partition coefficient (Wildman–Crippen LogP) is 8.93. The number of pyridine rings is 1. The molecule has 0 bridgehead atoms. The molecule has 0 unspecified atom stereocenters. The summed E-state index contributed by atoms with van der Waals surface area (Å²) in [6, 6.07) is 29.4. The van der Waals surface area contributed by atoms with Crippen molar-refractivity contribution in [1.29, 1.82) is 0 Å². The second kappa shape index (κ2) is 14.6. The van der Waals surface area contributed by atoms with E-state index in [0.717, 1.165) is 17.2 Å². The van der Waals surface area contributed by atoms with Crippen molar-refractivity contribution in [1.82, 2.24) is 9.88 Å². The average molecular weight is 596 g/mol. The molecule has 9 heteroatoms. The molecule has 39 heavy (non-hydrogen) atoms. The first kappa shape index (κ1) is 30.8. The number of rotatable bonds is 11. The second-order valence-electron chi connectivity index (χ2n) is 8.89. The van der Waals surface area contributed by atoms with Crippen molar-refractivity contribution in [3.63, 3.8) is 0 Å². The fourth-order valence-electron chi connectivity index (χ4n) is 4.36. The van der Waals surface area contributed by atoms with Gasteiger partial charge < -0.3 is 4.74 Å². The number of hydrogen-bond acceptors (Lipinski definition) is 3. The summed E-state index contributed by atoms with van der Waals surface area (Å²) in [6.07, 6.45) is -3.90. The van der Waals surface area contributed by atoms with Crippen molar-refractivity contribution < 1.29 is 17.9 Å². The molecule has 4 aromatic rings. The third kappa shape index (κ3) is 8.87. The van der Waals surface area contributed by atoms with Crippen LogP contribution >= 0.6 is 35.6 Å². The van der Waals surface area contributed by atoms with Crippen molar-refractivity contribution in [2.24, 2.45) is 0 Å². The Morgan fingerprint density at radius 1 is 0.795 bits per heavy atom. The van der Waals surface area contributed by atoms with Gasteiger partial charge in [0.15, 0.2) is 0 Å². The number of alkyl halides is 3. The maximum atomic E-state index is 13.5. The molecule has 206 valence electrons. The quantitative estimate of drug-likeness (QED) is 0.128. The molecule has 0 aliphatic heterocycles. The van der Waals surface area contributed by atoms with Gasteiger partial charge in [0.25, 0.3) is 0 Å². The van der Waals surface area contributed by atoms with Crippen LogP contribution in [0.5, 0.6) is 5.88 Å². The van der Waals surface area contributed by atoms with Gasteiger partial charge in [0.05, 0.1) is 17.2 Å². The van der Waals surface area contributed by atoms with Gasteiger partial charge in [0, 0.05) is 31.6 Å². The minimum atomic E-state index is -4.52. The smallest absolute Gasteiger partial charge is 0.417 e. The van der Waals surface area contributed by atoms with Crippen molar-refractivity contribution in [3.05, 3.63) is 129 Å². The number of nitrogens with zero attached hydrogens (tertiary/aromatic N) is 2. The molecule has 0 radical (unpaired) electrons. The number of ether oxygens (including phenoxy) is 1. The maximum absolute atomic E-state index is 13.5. The topological polar surface area (TPSA) is 25.4 Å².